The minimum atomic E-state index is -0.0749. The van der Waals surface area contributed by atoms with Crippen molar-refractivity contribution in [2.45, 2.75) is 39.2 Å². The van der Waals surface area contributed by atoms with E-state index < -0.39 is 0 Å². The number of hydrogen-bond donors (Lipinski definition) is 1. The zero-order valence-corrected chi connectivity index (χ0v) is 15.3. The Kier molecular flexibility index (Phi) is 7.12. The van der Waals surface area contributed by atoms with Crippen molar-refractivity contribution >= 4 is 17.2 Å². The van der Waals surface area contributed by atoms with E-state index >= 15 is 0 Å². The normalized spacial score (nSPS) is 11.8. The van der Waals surface area contributed by atoms with Gasteiger partial charge < -0.3 is 14.8 Å². The third kappa shape index (κ3) is 5.27. The lowest BCUT2D eigenvalue weighted by Gasteiger charge is -2.17. The van der Waals surface area contributed by atoms with Crippen molar-refractivity contribution in [1.82, 2.24) is 5.32 Å². The monoisotopic (exact) mass is 347 g/mol. The second kappa shape index (κ2) is 9.33. The number of benzene rings is 1. The lowest BCUT2D eigenvalue weighted by atomic mass is 10.1. The Labute approximate surface area is 147 Å². The van der Waals surface area contributed by atoms with Crippen LogP contribution in [0, 0.1) is 0 Å². The van der Waals surface area contributed by atoms with E-state index in [9.17, 15) is 4.79 Å². The van der Waals surface area contributed by atoms with Crippen LogP contribution in [-0.2, 0) is 11.2 Å². The highest BCUT2D eigenvalue weighted by Crippen LogP contribution is 2.30. The molecule has 0 saturated carbocycles. The van der Waals surface area contributed by atoms with Crippen molar-refractivity contribution in [3.63, 3.8) is 0 Å². The number of nitrogens with one attached hydrogen (secondary N) is 1. The second-order valence-corrected chi connectivity index (χ2v) is 6.46. The molecule has 1 aromatic carbocycles. The summed E-state index contributed by atoms with van der Waals surface area (Å²) >= 11 is 1.66. The maximum absolute atomic E-state index is 12.1. The molecule has 1 aromatic heterocycles. The van der Waals surface area contributed by atoms with Crippen LogP contribution in [0.4, 0.5) is 0 Å². The molecule has 5 heteroatoms. The standard InChI is InChI=1S/C19H25NO3S/c1-4-10-23-17-7-6-16(12-18(17)22-3)14(2)20-19(21)8-5-15-9-11-24-13-15/h6-7,9,11-14H,4-5,8,10H2,1-3H3,(H,20,21). The van der Waals surface area contributed by atoms with Crippen LogP contribution in [0.1, 0.15) is 43.9 Å². The molecule has 4 nitrogen and oxygen atoms in total. The SMILES string of the molecule is CCCOc1ccc(C(C)NC(=O)CCc2ccsc2)cc1OC. The number of carbonyl (C=O) groups is 1. The summed E-state index contributed by atoms with van der Waals surface area (Å²) in [7, 11) is 1.63. The van der Waals surface area contributed by atoms with Gasteiger partial charge >= 0.3 is 0 Å². The Bertz CT molecular complexity index is 640. The highest BCUT2D eigenvalue weighted by molar-refractivity contribution is 7.07. The van der Waals surface area contributed by atoms with Crippen LogP contribution in [0.15, 0.2) is 35.0 Å². The van der Waals surface area contributed by atoms with Crippen LogP contribution < -0.4 is 14.8 Å². The lowest BCUT2D eigenvalue weighted by molar-refractivity contribution is -0.121. The molecule has 1 amide bonds. The molecule has 0 aliphatic carbocycles. The first kappa shape index (κ1) is 18.3. The van der Waals surface area contributed by atoms with Gasteiger partial charge in [0.1, 0.15) is 0 Å². The molecule has 0 fully saturated rings. The number of hydrogen-bond acceptors (Lipinski definition) is 4. The smallest absolute Gasteiger partial charge is 0.220 e. The third-order valence-corrected chi connectivity index (χ3v) is 4.48. The summed E-state index contributed by atoms with van der Waals surface area (Å²) in [6.07, 6.45) is 2.21. The third-order valence-electron chi connectivity index (χ3n) is 3.75. The number of thiophene rings is 1. The molecule has 1 N–H and O–H groups in total. The van der Waals surface area contributed by atoms with Crippen LogP contribution in [0.3, 0.4) is 0 Å². The fourth-order valence-electron chi connectivity index (χ4n) is 2.37. The van der Waals surface area contributed by atoms with Crippen LogP contribution in [0.2, 0.25) is 0 Å². The van der Waals surface area contributed by atoms with E-state index in [2.05, 4.69) is 23.7 Å². The zero-order chi connectivity index (χ0) is 17.4. The first-order valence-electron chi connectivity index (χ1n) is 8.25. The number of rotatable bonds is 9. The molecule has 0 aliphatic rings. The van der Waals surface area contributed by atoms with Crippen LogP contribution in [-0.4, -0.2) is 19.6 Å². The number of aryl methyl sites for hydroxylation is 1. The fourth-order valence-corrected chi connectivity index (χ4v) is 3.08. The van der Waals surface area contributed by atoms with Gasteiger partial charge in [-0.15, -0.1) is 0 Å². The molecule has 0 aliphatic heterocycles. The van der Waals surface area contributed by atoms with Gasteiger partial charge in [0.15, 0.2) is 11.5 Å². The fraction of sp³-hybridized carbons (Fsp3) is 0.421. The minimum absolute atomic E-state index is 0.0546. The van der Waals surface area contributed by atoms with E-state index in [0.29, 0.717) is 18.8 Å². The highest BCUT2D eigenvalue weighted by Gasteiger charge is 2.13. The minimum Gasteiger partial charge on any atom is -0.493 e. The van der Waals surface area contributed by atoms with E-state index in [0.717, 1.165) is 24.2 Å². The van der Waals surface area contributed by atoms with Crippen molar-refractivity contribution in [2.75, 3.05) is 13.7 Å². The first-order chi connectivity index (χ1) is 11.6. The van der Waals surface area contributed by atoms with Gasteiger partial charge in [-0.05, 0) is 59.9 Å². The first-order valence-corrected chi connectivity index (χ1v) is 9.19. The molecule has 0 spiro atoms. The molecule has 1 unspecified atom stereocenters. The van der Waals surface area contributed by atoms with Gasteiger partial charge in [0.25, 0.3) is 0 Å². The molecule has 0 bridgehead atoms. The van der Waals surface area contributed by atoms with E-state index in [4.69, 9.17) is 9.47 Å². The van der Waals surface area contributed by atoms with Crippen LogP contribution in [0.5, 0.6) is 11.5 Å². The van der Waals surface area contributed by atoms with Gasteiger partial charge in [-0.3, -0.25) is 4.79 Å². The molecule has 24 heavy (non-hydrogen) atoms. The number of carbonyl (C=O) groups excluding carboxylic acids is 1. The Morgan fingerprint density at radius 2 is 2.12 bits per heavy atom. The Balaban J connectivity index is 1.93. The number of ether oxygens (including phenoxy) is 2. The zero-order valence-electron chi connectivity index (χ0n) is 14.5. The van der Waals surface area contributed by atoms with E-state index in [1.807, 2.05) is 30.5 Å². The molecule has 1 atom stereocenters. The van der Waals surface area contributed by atoms with Crippen LogP contribution >= 0.6 is 11.3 Å². The molecule has 2 rings (SSSR count). The number of methoxy groups -OCH3 is 1. The van der Waals surface area contributed by atoms with Crippen molar-refractivity contribution in [1.29, 1.82) is 0 Å². The maximum atomic E-state index is 12.1. The van der Waals surface area contributed by atoms with Crippen molar-refractivity contribution in [2.24, 2.45) is 0 Å². The molecule has 2 aromatic rings. The summed E-state index contributed by atoms with van der Waals surface area (Å²) in [5.41, 5.74) is 2.21. The summed E-state index contributed by atoms with van der Waals surface area (Å²) in [6.45, 7) is 4.70. The molecular formula is C19H25NO3S. The van der Waals surface area contributed by atoms with Gasteiger partial charge in [0.2, 0.25) is 5.91 Å². The summed E-state index contributed by atoms with van der Waals surface area (Å²) in [5, 5.41) is 7.15. The average Bonchev–Trinajstić information content (AvgIpc) is 3.11. The van der Waals surface area contributed by atoms with Crippen molar-refractivity contribution in [3.05, 3.63) is 46.2 Å². The van der Waals surface area contributed by atoms with Gasteiger partial charge in [-0.2, -0.15) is 11.3 Å². The van der Waals surface area contributed by atoms with Crippen molar-refractivity contribution < 1.29 is 14.3 Å². The van der Waals surface area contributed by atoms with Crippen LogP contribution in [0.25, 0.3) is 0 Å². The highest BCUT2D eigenvalue weighted by atomic mass is 32.1. The maximum Gasteiger partial charge on any atom is 0.220 e. The molecule has 0 saturated heterocycles. The average molecular weight is 347 g/mol. The van der Waals surface area contributed by atoms with Gasteiger partial charge in [-0.1, -0.05) is 13.0 Å². The molecule has 130 valence electrons. The molecule has 0 radical (unpaired) electrons. The van der Waals surface area contributed by atoms with Gasteiger partial charge in [0.05, 0.1) is 19.8 Å². The van der Waals surface area contributed by atoms with E-state index in [1.54, 1.807) is 18.4 Å². The largest absolute Gasteiger partial charge is 0.493 e. The van der Waals surface area contributed by atoms with E-state index in [-0.39, 0.29) is 11.9 Å². The van der Waals surface area contributed by atoms with Crippen molar-refractivity contribution in [3.8, 4) is 11.5 Å². The topological polar surface area (TPSA) is 47.6 Å². The second-order valence-electron chi connectivity index (χ2n) is 5.68. The summed E-state index contributed by atoms with van der Waals surface area (Å²) in [5.74, 6) is 1.48. The lowest BCUT2D eigenvalue weighted by Crippen LogP contribution is -2.26. The van der Waals surface area contributed by atoms with E-state index in [1.165, 1.54) is 5.56 Å². The summed E-state index contributed by atoms with van der Waals surface area (Å²) < 4.78 is 11.1. The Morgan fingerprint density at radius 1 is 1.29 bits per heavy atom. The Morgan fingerprint density at radius 3 is 2.79 bits per heavy atom. The predicted molar refractivity (Wildman–Crippen MR) is 98.0 cm³/mol. The summed E-state index contributed by atoms with van der Waals surface area (Å²) in [4.78, 5) is 12.1. The Hall–Kier alpha value is -2.01. The quantitative estimate of drug-likeness (QED) is 0.733. The summed E-state index contributed by atoms with van der Waals surface area (Å²) in [6, 6.07) is 7.78. The van der Waals surface area contributed by atoms with Gasteiger partial charge in [0, 0.05) is 6.42 Å². The molecule has 1 heterocycles. The number of amides is 1. The van der Waals surface area contributed by atoms with Gasteiger partial charge in [-0.25, -0.2) is 0 Å². The molecular weight excluding hydrogens is 322 g/mol. The predicted octanol–water partition coefficient (Wildman–Crippen LogP) is 4.36.